The van der Waals surface area contributed by atoms with E-state index in [2.05, 4.69) is 19.9 Å². The van der Waals surface area contributed by atoms with Gasteiger partial charge in [0.15, 0.2) is 5.60 Å². The van der Waals surface area contributed by atoms with E-state index < -0.39 is 5.60 Å². The Bertz CT molecular complexity index is 1060. The van der Waals surface area contributed by atoms with Crippen molar-refractivity contribution in [1.29, 1.82) is 0 Å². The Morgan fingerprint density at radius 3 is 2.35 bits per heavy atom. The minimum absolute atomic E-state index is 0.0421. The number of imidazole rings is 1. The smallest absolute Gasteiger partial charge is 0.266 e. The van der Waals surface area contributed by atoms with Crippen LogP contribution in [0.2, 0.25) is 5.02 Å². The fourth-order valence-electron chi connectivity index (χ4n) is 3.62. The van der Waals surface area contributed by atoms with Gasteiger partial charge in [-0.1, -0.05) is 11.6 Å². The molecular weight excluding hydrogens is 416 g/mol. The van der Waals surface area contributed by atoms with Gasteiger partial charge in [0.2, 0.25) is 0 Å². The van der Waals surface area contributed by atoms with Crippen LogP contribution in [-0.4, -0.2) is 62.1 Å². The number of carbonyl (C=O) groups excluding carboxylic acids is 1. The van der Waals surface area contributed by atoms with Crippen molar-refractivity contribution < 1.29 is 9.53 Å². The number of hydrogen-bond acceptors (Lipinski definition) is 6. The van der Waals surface area contributed by atoms with Crippen LogP contribution in [0.1, 0.15) is 19.7 Å². The van der Waals surface area contributed by atoms with Crippen LogP contribution in [0, 0.1) is 6.92 Å². The van der Waals surface area contributed by atoms with E-state index in [4.69, 9.17) is 16.3 Å². The van der Waals surface area contributed by atoms with E-state index in [0.29, 0.717) is 37.0 Å². The third kappa shape index (κ3) is 4.64. The van der Waals surface area contributed by atoms with Gasteiger partial charge in [0.05, 0.1) is 0 Å². The summed E-state index contributed by atoms with van der Waals surface area (Å²) in [5, 5.41) is 0.628. The largest absolute Gasteiger partial charge is 0.478 e. The minimum atomic E-state index is -0.975. The lowest BCUT2D eigenvalue weighted by molar-refractivity contribution is -0.145. The average Bonchev–Trinajstić information content (AvgIpc) is 3.21. The molecule has 1 aliphatic rings. The summed E-state index contributed by atoms with van der Waals surface area (Å²) in [6.07, 6.45) is 5.18. The van der Waals surface area contributed by atoms with Crippen molar-refractivity contribution in [3.63, 3.8) is 0 Å². The molecule has 1 aliphatic heterocycles. The van der Waals surface area contributed by atoms with E-state index in [1.807, 2.05) is 28.7 Å². The van der Waals surface area contributed by atoms with Gasteiger partial charge in [-0.05, 0) is 45.0 Å². The maximum Gasteiger partial charge on any atom is 0.266 e. The van der Waals surface area contributed by atoms with E-state index in [1.165, 1.54) is 0 Å². The van der Waals surface area contributed by atoms with Gasteiger partial charge in [-0.3, -0.25) is 9.36 Å². The lowest BCUT2D eigenvalue weighted by Crippen LogP contribution is -2.56. The van der Waals surface area contributed by atoms with Crippen LogP contribution in [0.5, 0.6) is 5.75 Å². The number of nitrogens with zero attached hydrogens (tertiary/aromatic N) is 6. The van der Waals surface area contributed by atoms with Gasteiger partial charge in [0.25, 0.3) is 5.91 Å². The molecule has 1 saturated heterocycles. The van der Waals surface area contributed by atoms with E-state index >= 15 is 0 Å². The zero-order valence-corrected chi connectivity index (χ0v) is 18.6. The molecule has 0 radical (unpaired) electrons. The highest BCUT2D eigenvalue weighted by Gasteiger charge is 2.36. The predicted octanol–water partition coefficient (Wildman–Crippen LogP) is 3.13. The summed E-state index contributed by atoms with van der Waals surface area (Å²) in [4.78, 5) is 30.1. The maximum atomic E-state index is 13.1. The molecule has 0 bridgehead atoms. The van der Waals surface area contributed by atoms with E-state index in [0.717, 1.165) is 17.5 Å². The first kappa shape index (κ1) is 21.1. The van der Waals surface area contributed by atoms with E-state index in [1.54, 1.807) is 50.6 Å². The molecule has 0 aliphatic carbocycles. The zero-order chi connectivity index (χ0) is 22.0. The fraction of sp³-hybridized carbons (Fsp3) is 0.364. The number of halogens is 1. The number of aryl methyl sites for hydroxylation is 1. The Morgan fingerprint density at radius 2 is 1.71 bits per heavy atom. The summed E-state index contributed by atoms with van der Waals surface area (Å²) in [7, 11) is 0. The molecule has 1 fully saturated rings. The van der Waals surface area contributed by atoms with Crippen molar-refractivity contribution in [3.8, 4) is 11.6 Å². The van der Waals surface area contributed by atoms with Crippen LogP contribution in [0.4, 0.5) is 5.82 Å². The Hall–Kier alpha value is -3.13. The summed E-state index contributed by atoms with van der Waals surface area (Å²) in [5.41, 5.74) is -0.975. The Morgan fingerprint density at radius 1 is 1.03 bits per heavy atom. The number of hydrogen-bond donors (Lipinski definition) is 0. The van der Waals surface area contributed by atoms with Crippen LogP contribution >= 0.6 is 11.6 Å². The standard InChI is InChI=1S/C22H25ClN6O2/c1-16-24-8-9-29(16)20-14-19(25-15-26-20)27-10-12-28(13-11-27)21(30)22(2,3)31-18-6-4-17(23)5-7-18/h4-9,14-15H,10-13H2,1-3H3. The molecule has 1 aromatic carbocycles. The van der Waals surface area contributed by atoms with Crippen LogP contribution in [0.15, 0.2) is 49.1 Å². The van der Waals surface area contributed by atoms with Crippen LogP contribution in [0.3, 0.4) is 0 Å². The highest BCUT2D eigenvalue weighted by atomic mass is 35.5. The number of anilines is 1. The Kier molecular flexibility index (Phi) is 5.82. The van der Waals surface area contributed by atoms with Gasteiger partial charge in [0, 0.05) is 49.7 Å². The number of aromatic nitrogens is 4. The molecule has 31 heavy (non-hydrogen) atoms. The molecule has 0 N–H and O–H groups in total. The number of benzene rings is 1. The Labute approximate surface area is 186 Å². The third-order valence-corrected chi connectivity index (χ3v) is 5.56. The minimum Gasteiger partial charge on any atom is -0.478 e. The first-order valence-corrected chi connectivity index (χ1v) is 10.5. The summed E-state index contributed by atoms with van der Waals surface area (Å²) in [5.74, 6) is 3.05. The molecule has 3 heterocycles. The van der Waals surface area contributed by atoms with Gasteiger partial charge in [-0.15, -0.1) is 0 Å². The summed E-state index contributed by atoms with van der Waals surface area (Å²) in [6.45, 7) is 8.07. The average molecular weight is 441 g/mol. The predicted molar refractivity (Wildman–Crippen MR) is 119 cm³/mol. The van der Waals surface area contributed by atoms with Gasteiger partial charge >= 0.3 is 0 Å². The number of piperazine rings is 1. The molecule has 162 valence electrons. The van der Waals surface area contributed by atoms with E-state index in [9.17, 15) is 4.79 Å². The molecule has 8 nitrogen and oxygen atoms in total. The first-order valence-electron chi connectivity index (χ1n) is 10.1. The zero-order valence-electron chi connectivity index (χ0n) is 17.8. The summed E-state index contributed by atoms with van der Waals surface area (Å²) < 4.78 is 7.88. The number of carbonyl (C=O) groups is 1. The van der Waals surface area contributed by atoms with Crippen LogP contribution in [0.25, 0.3) is 5.82 Å². The molecule has 0 saturated carbocycles. The summed E-state index contributed by atoms with van der Waals surface area (Å²) >= 11 is 5.93. The number of amides is 1. The lowest BCUT2D eigenvalue weighted by atomic mass is 10.1. The second-order valence-corrected chi connectivity index (χ2v) is 8.36. The molecule has 0 unspecified atom stereocenters. The lowest BCUT2D eigenvalue weighted by Gasteiger charge is -2.39. The second-order valence-electron chi connectivity index (χ2n) is 7.92. The number of ether oxygens (including phenoxy) is 1. The Balaban J connectivity index is 1.40. The van der Waals surface area contributed by atoms with Crippen molar-refractivity contribution in [2.24, 2.45) is 0 Å². The number of rotatable bonds is 5. The quantitative estimate of drug-likeness (QED) is 0.606. The normalized spacial score (nSPS) is 14.6. The molecule has 2 aromatic heterocycles. The third-order valence-electron chi connectivity index (χ3n) is 5.30. The highest BCUT2D eigenvalue weighted by Crippen LogP contribution is 2.24. The highest BCUT2D eigenvalue weighted by molar-refractivity contribution is 6.30. The molecule has 3 aromatic rings. The monoisotopic (exact) mass is 440 g/mol. The molecule has 9 heteroatoms. The van der Waals surface area contributed by atoms with Gasteiger partial charge in [-0.2, -0.15) is 0 Å². The van der Waals surface area contributed by atoms with Crippen LogP contribution < -0.4 is 9.64 Å². The SMILES string of the molecule is Cc1nccn1-c1cc(N2CCN(C(=O)C(C)(C)Oc3ccc(Cl)cc3)CC2)ncn1. The summed E-state index contributed by atoms with van der Waals surface area (Å²) in [6, 6.07) is 8.97. The fourth-order valence-corrected chi connectivity index (χ4v) is 3.75. The molecular formula is C22H25ClN6O2. The molecule has 1 amide bonds. The van der Waals surface area contributed by atoms with Crippen molar-refractivity contribution >= 4 is 23.3 Å². The van der Waals surface area contributed by atoms with E-state index in [-0.39, 0.29) is 5.91 Å². The molecule has 0 spiro atoms. The van der Waals surface area contributed by atoms with Gasteiger partial charge in [-0.25, -0.2) is 15.0 Å². The maximum absolute atomic E-state index is 13.1. The first-order chi connectivity index (χ1) is 14.8. The van der Waals surface area contributed by atoms with Crippen molar-refractivity contribution in [2.75, 3.05) is 31.1 Å². The van der Waals surface area contributed by atoms with Gasteiger partial charge < -0.3 is 14.5 Å². The molecule has 0 atom stereocenters. The topological polar surface area (TPSA) is 76.4 Å². The van der Waals surface area contributed by atoms with Gasteiger partial charge in [0.1, 0.15) is 29.5 Å². The van der Waals surface area contributed by atoms with Crippen LogP contribution in [-0.2, 0) is 4.79 Å². The molecule has 4 rings (SSSR count). The van der Waals surface area contributed by atoms with Crippen molar-refractivity contribution in [2.45, 2.75) is 26.4 Å². The van der Waals surface area contributed by atoms with Crippen molar-refractivity contribution in [1.82, 2.24) is 24.4 Å². The van der Waals surface area contributed by atoms with Crippen molar-refractivity contribution in [3.05, 3.63) is 59.9 Å². The second kappa shape index (κ2) is 8.55.